The third-order valence-electron chi connectivity index (χ3n) is 2.24. The summed E-state index contributed by atoms with van der Waals surface area (Å²) in [5, 5.41) is 1.06. The van der Waals surface area contributed by atoms with Crippen LogP contribution in [0.5, 0.6) is 11.5 Å². The topological polar surface area (TPSA) is 18.5 Å². The molecule has 0 aromatic heterocycles. The summed E-state index contributed by atoms with van der Waals surface area (Å²) < 4.78 is 12.7. The summed E-state index contributed by atoms with van der Waals surface area (Å²) in [7, 11) is 1.65. The Bertz CT molecular complexity index is 356. The van der Waals surface area contributed by atoms with E-state index >= 15 is 0 Å². The Morgan fingerprint density at radius 3 is 2.29 bits per heavy atom. The average Bonchev–Trinajstić information content (AvgIpc) is 2.32. The van der Waals surface area contributed by atoms with E-state index in [1.54, 1.807) is 7.11 Å². The molecule has 0 unspecified atom stereocenters. The summed E-state index contributed by atoms with van der Waals surface area (Å²) in [6.45, 7) is 0.740. The summed E-state index contributed by atoms with van der Waals surface area (Å²) in [5.74, 6) is 1.64. The van der Waals surface area contributed by atoms with E-state index in [2.05, 4.69) is 47.8 Å². The molecular weight excluding hydrogens is 416 g/mol. The Labute approximate surface area is 127 Å². The first kappa shape index (κ1) is 15.3. The van der Waals surface area contributed by atoms with Crippen LogP contribution in [0.25, 0.3) is 0 Å². The minimum Gasteiger partial charge on any atom is -0.496 e. The van der Waals surface area contributed by atoms with E-state index in [1.807, 2.05) is 12.1 Å². The quantitative estimate of drug-likeness (QED) is 0.439. The van der Waals surface area contributed by atoms with Gasteiger partial charge >= 0.3 is 0 Å². The third kappa shape index (κ3) is 5.18. The largest absolute Gasteiger partial charge is 0.496 e. The minimum absolute atomic E-state index is 0.740. The fourth-order valence-corrected chi connectivity index (χ4v) is 2.65. The molecule has 1 rings (SSSR count). The molecule has 1 aromatic carbocycles. The molecule has 0 saturated heterocycles. The molecular formula is C12H15Br3O2. The first-order valence-electron chi connectivity index (χ1n) is 5.41. The molecule has 2 nitrogen and oxygen atoms in total. The highest BCUT2D eigenvalue weighted by molar-refractivity contribution is 9.11. The zero-order valence-corrected chi connectivity index (χ0v) is 14.4. The van der Waals surface area contributed by atoms with Crippen molar-refractivity contribution < 1.29 is 9.47 Å². The van der Waals surface area contributed by atoms with Crippen LogP contribution in [0.3, 0.4) is 0 Å². The maximum Gasteiger partial charge on any atom is 0.134 e. The third-order valence-corrected chi connectivity index (χ3v) is 4.04. The SMILES string of the molecule is COc1cc(Br)c(OCCCCCBr)cc1Br. The predicted octanol–water partition coefficient (Wildman–Crippen LogP) is 5.16. The van der Waals surface area contributed by atoms with Crippen LogP contribution in [-0.2, 0) is 0 Å². The van der Waals surface area contributed by atoms with Gasteiger partial charge in [-0.15, -0.1) is 0 Å². The molecule has 0 bridgehead atoms. The molecule has 1 aromatic rings. The average molecular weight is 431 g/mol. The number of unbranched alkanes of at least 4 members (excludes halogenated alkanes) is 2. The van der Waals surface area contributed by atoms with Crippen LogP contribution in [0, 0.1) is 0 Å². The molecule has 96 valence electrons. The van der Waals surface area contributed by atoms with Crippen LogP contribution < -0.4 is 9.47 Å². The molecule has 0 radical (unpaired) electrons. The van der Waals surface area contributed by atoms with Gasteiger partial charge < -0.3 is 9.47 Å². The number of hydrogen-bond donors (Lipinski definition) is 0. The summed E-state index contributed by atoms with van der Waals surface area (Å²) in [6, 6.07) is 3.82. The molecule has 17 heavy (non-hydrogen) atoms. The van der Waals surface area contributed by atoms with Crippen LogP contribution in [-0.4, -0.2) is 19.0 Å². The molecule has 0 aliphatic carbocycles. The van der Waals surface area contributed by atoms with Gasteiger partial charge in [-0.1, -0.05) is 15.9 Å². The van der Waals surface area contributed by atoms with Gasteiger partial charge in [-0.2, -0.15) is 0 Å². The van der Waals surface area contributed by atoms with Crippen molar-refractivity contribution in [1.29, 1.82) is 0 Å². The van der Waals surface area contributed by atoms with Crippen molar-refractivity contribution in [3.8, 4) is 11.5 Å². The summed E-state index contributed by atoms with van der Waals surface area (Å²) in [4.78, 5) is 0. The second kappa shape index (κ2) is 8.38. The second-order valence-electron chi connectivity index (χ2n) is 3.52. The van der Waals surface area contributed by atoms with E-state index in [0.29, 0.717) is 0 Å². The normalized spacial score (nSPS) is 10.4. The van der Waals surface area contributed by atoms with Crippen LogP contribution in [0.4, 0.5) is 0 Å². The molecule has 0 saturated carbocycles. The molecule has 5 heteroatoms. The Morgan fingerprint density at radius 1 is 1.00 bits per heavy atom. The van der Waals surface area contributed by atoms with E-state index in [1.165, 1.54) is 12.8 Å². The van der Waals surface area contributed by atoms with E-state index < -0.39 is 0 Å². The Kier molecular flexibility index (Phi) is 7.55. The monoisotopic (exact) mass is 428 g/mol. The fraction of sp³-hybridized carbons (Fsp3) is 0.500. The van der Waals surface area contributed by atoms with E-state index in [-0.39, 0.29) is 0 Å². The lowest BCUT2D eigenvalue weighted by molar-refractivity contribution is 0.303. The van der Waals surface area contributed by atoms with Gasteiger partial charge in [-0.3, -0.25) is 0 Å². The van der Waals surface area contributed by atoms with E-state index in [4.69, 9.17) is 9.47 Å². The van der Waals surface area contributed by atoms with Gasteiger partial charge in [0.1, 0.15) is 11.5 Å². The lowest BCUT2D eigenvalue weighted by Gasteiger charge is -2.11. The maximum absolute atomic E-state index is 5.72. The summed E-state index contributed by atoms with van der Waals surface area (Å²) in [5.41, 5.74) is 0. The molecule has 0 aliphatic heterocycles. The Morgan fingerprint density at radius 2 is 1.65 bits per heavy atom. The summed E-state index contributed by atoms with van der Waals surface area (Å²) in [6.07, 6.45) is 3.44. The van der Waals surface area contributed by atoms with Gasteiger partial charge in [-0.05, 0) is 63.3 Å². The van der Waals surface area contributed by atoms with Gasteiger partial charge in [0.25, 0.3) is 0 Å². The molecule has 0 fully saturated rings. The van der Waals surface area contributed by atoms with Crippen LogP contribution in [0.15, 0.2) is 21.1 Å². The molecule has 0 heterocycles. The molecule has 0 amide bonds. The molecule has 0 spiro atoms. The van der Waals surface area contributed by atoms with Crippen molar-refractivity contribution in [3.05, 3.63) is 21.1 Å². The van der Waals surface area contributed by atoms with E-state index in [9.17, 15) is 0 Å². The molecule has 0 aliphatic rings. The highest BCUT2D eigenvalue weighted by Gasteiger charge is 2.07. The lowest BCUT2D eigenvalue weighted by Crippen LogP contribution is -1.98. The number of hydrogen-bond acceptors (Lipinski definition) is 2. The van der Waals surface area contributed by atoms with Gasteiger partial charge in [0.2, 0.25) is 0 Å². The highest BCUT2D eigenvalue weighted by atomic mass is 79.9. The zero-order valence-electron chi connectivity index (χ0n) is 9.64. The smallest absolute Gasteiger partial charge is 0.134 e. The van der Waals surface area contributed by atoms with Crippen LogP contribution in [0.2, 0.25) is 0 Å². The fourth-order valence-electron chi connectivity index (χ4n) is 1.33. The van der Waals surface area contributed by atoms with Crippen molar-refractivity contribution in [2.75, 3.05) is 19.0 Å². The molecule has 0 N–H and O–H groups in total. The number of rotatable bonds is 7. The number of ether oxygens (including phenoxy) is 2. The molecule has 0 atom stereocenters. The second-order valence-corrected chi connectivity index (χ2v) is 6.02. The van der Waals surface area contributed by atoms with Crippen molar-refractivity contribution in [3.63, 3.8) is 0 Å². The van der Waals surface area contributed by atoms with Crippen LogP contribution >= 0.6 is 47.8 Å². The Hall–Kier alpha value is 0.260. The summed E-state index contributed by atoms with van der Waals surface area (Å²) >= 11 is 10.3. The first-order valence-corrected chi connectivity index (χ1v) is 8.11. The van der Waals surface area contributed by atoms with Crippen LogP contribution in [0.1, 0.15) is 19.3 Å². The minimum atomic E-state index is 0.740. The number of halogens is 3. The number of alkyl halides is 1. The number of benzene rings is 1. The Balaban J connectivity index is 2.51. The van der Waals surface area contributed by atoms with Gasteiger partial charge in [0, 0.05) is 5.33 Å². The highest BCUT2D eigenvalue weighted by Crippen LogP contribution is 2.36. The first-order chi connectivity index (χ1) is 8.19. The van der Waals surface area contributed by atoms with Crippen molar-refractivity contribution >= 4 is 47.8 Å². The lowest BCUT2D eigenvalue weighted by atomic mass is 10.3. The van der Waals surface area contributed by atoms with Gasteiger partial charge in [0.05, 0.1) is 22.7 Å². The van der Waals surface area contributed by atoms with E-state index in [0.717, 1.165) is 38.8 Å². The van der Waals surface area contributed by atoms with Gasteiger partial charge in [0.15, 0.2) is 0 Å². The maximum atomic E-state index is 5.72. The van der Waals surface area contributed by atoms with Crippen molar-refractivity contribution in [2.24, 2.45) is 0 Å². The van der Waals surface area contributed by atoms with Gasteiger partial charge in [-0.25, -0.2) is 0 Å². The predicted molar refractivity (Wildman–Crippen MR) is 81.5 cm³/mol. The zero-order chi connectivity index (χ0) is 12.7. The standard InChI is InChI=1S/C12H15Br3O2/c1-16-11-7-10(15)12(8-9(11)14)17-6-4-2-3-5-13/h7-8H,2-6H2,1H3. The van der Waals surface area contributed by atoms with Crippen molar-refractivity contribution in [1.82, 2.24) is 0 Å². The number of methoxy groups -OCH3 is 1. The van der Waals surface area contributed by atoms with Crippen molar-refractivity contribution in [2.45, 2.75) is 19.3 Å².